The van der Waals surface area contributed by atoms with Crippen LogP contribution in [0.5, 0.6) is 0 Å². The van der Waals surface area contributed by atoms with E-state index in [1.165, 1.54) is 17.0 Å². The highest BCUT2D eigenvalue weighted by molar-refractivity contribution is 7.12. The zero-order valence-electron chi connectivity index (χ0n) is 11.4. The fraction of sp³-hybridized carbons (Fsp3) is 0.250. The number of hydrogen-bond acceptors (Lipinski definition) is 3. The Kier molecular flexibility index (Phi) is 5.16. The van der Waals surface area contributed by atoms with Crippen molar-refractivity contribution in [1.82, 2.24) is 0 Å². The monoisotopic (exact) mass is 288 g/mol. The lowest BCUT2D eigenvalue weighted by atomic mass is 10.2. The van der Waals surface area contributed by atoms with Gasteiger partial charge in [-0.05, 0) is 43.3 Å². The van der Waals surface area contributed by atoms with Crippen LogP contribution in [0.4, 0.5) is 10.1 Å². The molecule has 2 nitrogen and oxygen atoms in total. The molecule has 0 bridgehead atoms. The van der Waals surface area contributed by atoms with Crippen LogP contribution in [-0.4, -0.2) is 13.1 Å². The van der Waals surface area contributed by atoms with Crippen LogP contribution in [0.15, 0.2) is 36.4 Å². The summed E-state index contributed by atoms with van der Waals surface area (Å²) in [6.45, 7) is 4.14. The van der Waals surface area contributed by atoms with Crippen molar-refractivity contribution >= 4 is 17.0 Å². The van der Waals surface area contributed by atoms with E-state index in [4.69, 9.17) is 5.73 Å². The predicted octanol–water partition coefficient (Wildman–Crippen LogP) is 3.22. The van der Waals surface area contributed by atoms with E-state index in [9.17, 15) is 4.39 Å². The van der Waals surface area contributed by atoms with Gasteiger partial charge in [0.1, 0.15) is 5.82 Å². The van der Waals surface area contributed by atoms with E-state index in [0.29, 0.717) is 6.54 Å². The maximum absolute atomic E-state index is 13.0. The molecule has 0 fully saturated rings. The molecule has 104 valence electrons. The number of thiophene rings is 1. The van der Waals surface area contributed by atoms with Gasteiger partial charge in [-0.1, -0.05) is 11.8 Å². The Morgan fingerprint density at radius 3 is 2.60 bits per heavy atom. The van der Waals surface area contributed by atoms with Crippen molar-refractivity contribution < 1.29 is 4.39 Å². The summed E-state index contributed by atoms with van der Waals surface area (Å²) in [5.74, 6) is 5.69. The van der Waals surface area contributed by atoms with Gasteiger partial charge in [0.15, 0.2) is 0 Å². The third-order valence-corrected chi connectivity index (χ3v) is 3.88. The number of halogens is 1. The van der Waals surface area contributed by atoms with E-state index in [-0.39, 0.29) is 5.82 Å². The molecule has 0 saturated carbocycles. The first kappa shape index (κ1) is 14.6. The van der Waals surface area contributed by atoms with Gasteiger partial charge in [-0.25, -0.2) is 4.39 Å². The molecule has 20 heavy (non-hydrogen) atoms. The van der Waals surface area contributed by atoms with Crippen LogP contribution < -0.4 is 10.6 Å². The van der Waals surface area contributed by atoms with Gasteiger partial charge in [-0.3, -0.25) is 0 Å². The van der Waals surface area contributed by atoms with Crippen LogP contribution in [-0.2, 0) is 6.54 Å². The van der Waals surface area contributed by atoms with Crippen LogP contribution in [0, 0.1) is 17.7 Å². The average molecular weight is 288 g/mol. The normalized spacial score (nSPS) is 9.95. The van der Waals surface area contributed by atoms with Crippen molar-refractivity contribution in [3.05, 3.63) is 52.0 Å². The van der Waals surface area contributed by atoms with Crippen molar-refractivity contribution in [3.8, 4) is 11.8 Å². The van der Waals surface area contributed by atoms with Crippen LogP contribution in [0.3, 0.4) is 0 Å². The Hall–Kier alpha value is -1.83. The third kappa shape index (κ3) is 3.83. The molecule has 2 N–H and O–H groups in total. The molecule has 0 aliphatic carbocycles. The molecular formula is C16H17FN2S. The maximum atomic E-state index is 13.0. The topological polar surface area (TPSA) is 29.3 Å². The lowest BCUT2D eigenvalue weighted by Gasteiger charge is -2.22. The SMILES string of the molecule is CCN(Cc1ccc(C#CCN)s1)c1ccc(F)cc1. The van der Waals surface area contributed by atoms with E-state index in [1.807, 2.05) is 18.2 Å². The summed E-state index contributed by atoms with van der Waals surface area (Å²) in [6, 6.07) is 10.7. The summed E-state index contributed by atoms with van der Waals surface area (Å²) in [5, 5.41) is 0. The summed E-state index contributed by atoms with van der Waals surface area (Å²) in [4.78, 5) is 4.46. The second kappa shape index (κ2) is 7.09. The van der Waals surface area contributed by atoms with Crippen LogP contribution in [0.1, 0.15) is 16.7 Å². The molecule has 2 rings (SSSR count). The average Bonchev–Trinajstić information content (AvgIpc) is 2.91. The van der Waals surface area contributed by atoms with Crippen LogP contribution >= 0.6 is 11.3 Å². The first-order chi connectivity index (χ1) is 9.72. The molecule has 1 aromatic heterocycles. The third-order valence-electron chi connectivity index (χ3n) is 2.90. The Bertz CT molecular complexity index is 607. The van der Waals surface area contributed by atoms with Gasteiger partial charge < -0.3 is 10.6 Å². The molecule has 2 aromatic rings. The van der Waals surface area contributed by atoms with Crippen molar-refractivity contribution in [1.29, 1.82) is 0 Å². The molecule has 1 heterocycles. The highest BCUT2D eigenvalue weighted by Crippen LogP contribution is 2.22. The second-order valence-electron chi connectivity index (χ2n) is 4.26. The molecule has 0 spiro atoms. The van der Waals surface area contributed by atoms with Gasteiger partial charge in [-0.15, -0.1) is 11.3 Å². The fourth-order valence-corrected chi connectivity index (χ4v) is 2.79. The maximum Gasteiger partial charge on any atom is 0.123 e. The number of nitrogens with two attached hydrogens (primary N) is 1. The van der Waals surface area contributed by atoms with Crippen LogP contribution in [0.2, 0.25) is 0 Å². The highest BCUT2D eigenvalue weighted by atomic mass is 32.1. The molecule has 0 atom stereocenters. The summed E-state index contributed by atoms with van der Waals surface area (Å²) in [7, 11) is 0. The predicted molar refractivity (Wildman–Crippen MR) is 83.4 cm³/mol. The minimum Gasteiger partial charge on any atom is -0.367 e. The standard InChI is InChI=1S/C16H17FN2S/c1-2-19(14-7-5-13(17)6-8-14)12-16-10-9-15(20-16)4-3-11-18/h5-10H,2,11-12,18H2,1H3. The van der Waals surface area contributed by atoms with Gasteiger partial charge in [-0.2, -0.15) is 0 Å². The summed E-state index contributed by atoms with van der Waals surface area (Å²) in [5.41, 5.74) is 6.39. The lowest BCUT2D eigenvalue weighted by molar-refractivity contribution is 0.627. The molecule has 0 amide bonds. The molecule has 0 saturated heterocycles. The number of rotatable bonds is 4. The highest BCUT2D eigenvalue weighted by Gasteiger charge is 2.07. The molecular weight excluding hydrogens is 271 g/mol. The zero-order chi connectivity index (χ0) is 14.4. The Morgan fingerprint density at radius 1 is 1.20 bits per heavy atom. The summed E-state index contributed by atoms with van der Waals surface area (Å²) in [6.07, 6.45) is 0. The summed E-state index contributed by atoms with van der Waals surface area (Å²) < 4.78 is 13.0. The lowest BCUT2D eigenvalue weighted by Crippen LogP contribution is -2.21. The van der Waals surface area contributed by atoms with Gasteiger partial charge in [0.05, 0.1) is 18.0 Å². The zero-order valence-corrected chi connectivity index (χ0v) is 12.2. The van der Waals surface area contributed by atoms with Crippen LogP contribution in [0.25, 0.3) is 0 Å². The smallest absolute Gasteiger partial charge is 0.123 e. The second-order valence-corrected chi connectivity index (χ2v) is 5.43. The first-order valence-electron chi connectivity index (χ1n) is 6.51. The minimum absolute atomic E-state index is 0.208. The van der Waals surface area contributed by atoms with Gasteiger partial charge in [0.2, 0.25) is 0 Å². The number of benzene rings is 1. The van der Waals surface area contributed by atoms with E-state index >= 15 is 0 Å². The Morgan fingerprint density at radius 2 is 1.95 bits per heavy atom. The molecule has 0 unspecified atom stereocenters. The van der Waals surface area contributed by atoms with E-state index < -0.39 is 0 Å². The van der Waals surface area contributed by atoms with E-state index in [1.54, 1.807) is 11.3 Å². The van der Waals surface area contributed by atoms with Gasteiger partial charge >= 0.3 is 0 Å². The van der Waals surface area contributed by atoms with Crippen molar-refractivity contribution in [2.45, 2.75) is 13.5 Å². The molecule has 0 aliphatic rings. The molecule has 1 aromatic carbocycles. The van der Waals surface area contributed by atoms with E-state index in [0.717, 1.165) is 23.7 Å². The molecule has 0 aliphatic heterocycles. The van der Waals surface area contributed by atoms with Gasteiger partial charge in [0.25, 0.3) is 0 Å². The number of anilines is 1. The minimum atomic E-state index is -0.208. The Balaban J connectivity index is 2.10. The quantitative estimate of drug-likeness (QED) is 0.875. The van der Waals surface area contributed by atoms with E-state index in [2.05, 4.69) is 29.7 Å². The number of hydrogen-bond donors (Lipinski definition) is 1. The van der Waals surface area contributed by atoms with Gasteiger partial charge in [0, 0.05) is 17.1 Å². The number of nitrogens with zero attached hydrogens (tertiary/aromatic N) is 1. The summed E-state index contributed by atoms with van der Waals surface area (Å²) >= 11 is 1.67. The first-order valence-corrected chi connectivity index (χ1v) is 7.32. The van der Waals surface area contributed by atoms with Crippen molar-refractivity contribution in [2.24, 2.45) is 5.73 Å². The largest absolute Gasteiger partial charge is 0.367 e. The molecule has 0 radical (unpaired) electrons. The van der Waals surface area contributed by atoms with Crippen molar-refractivity contribution in [3.63, 3.8) is 0 Å². The molecule has 4 heteroatoms. The fourth-order valence-electron chi connectivity index (χ4n) is 1.89. The van der Waals surface area contributed by atoms with Crippen molar-refractivity contribution in [2.75, 3.05) is 18.0 Å². The Labute approximate surface area is 123 Å².